The molecule has 0 aromatic heterocycles. The number of hydrogen-bond donors (Lipinski definition) is 2. The highest BCUT2D eigenvalue weighted by Gasteiger charge is 2.24. The molecular formula is C11H19NO4S. The topological polar surface area (TPSA) is 83.5 Å². The van der Waals surface area contributed by atoms with E-state index in [0.29, 0.717) is 0 Å². The van der Waals surface area contributed by atoms with Crippen LogP contribution >= 0.6 is 0 Å². The first kappa shape index (κ1) is 14.2. The Morgan fingerprint density at radius 1 is 1.35 bits per heavy atom. The van der Waals surface area contributed by atoms with Gasteiger partial charge >= 0.3 is 5.97 Å². The molecule has 2 unspecified atom stereocenters. The molecule has 0 spiro atoms. The van der Waals surface area contributed by atoms with E-state index >= 15 is 0 Å². The van der Waals surface area contributed by atoms with Crippen LogP contribution in [0.3, 0.4) is 0 Å². The lowest BCUT2D eigenvalue weighted by Crippen LogP contribution is -2.43. The van der Waals surface area contributed by atoms with E-state index < -0.39 is 27.8 Å². The SMILES string of the molecule is CC(C(=O)NC1CCCCC1)S(=O)CC(=O)O. The van der Waals surface area contributed by atoms with Gasteiger partial charge in [0.2, 0.25) is 5.91 Å². The minimum Gasteiger partial charge on any atom is -0.481 e. The number of carboxylic acid groups (broad SMARTS) is 1. The fourth-order valence-corrected chi connectivity index (χ4v) is 2.73. The second kappa shape index (κ2) is 6.74. The fourth-order valence-electron chi connectivity index (χ4n) is 1.93. The van der Waals surface area contributed by atoms with E-state index in [1.165, 1.54) is 13.3 Å². The van der Waals surface area contributed by atoms with Crippen LogP contribution in [0.25, 0.3) is 0 Å². The van der Waals surface area contributed by atoms with E-state index in [-0.39, 0.29) is 11.9 Å². The molecule has 0 saturated heterocycles. The number of rotatable bonds is 5. The van der Waals surface area contributed by atoms with E-state index in [2.05, 4.69) is 5.32 Å². The van der Waals surface area contributed by atoms with Crippen LogP contribution in [0.2, 0.25) is 0 Å². The average molecular weight is 261 g/mol. The molecular weight excluding hydrogens is 242 g/mol. The summed E-state index contributed by atoms with van der Waals surface area (Å²) in [5.41, 5.74) is 0. The Kier molecular flexibility index (Phi) is 5.61. The van der Waals surface area contributed by atoms with Gasteiger partial charge in [0.05, 0.1) is 0 Å². The van der Waals surface area contributed by atoms with Gasteiger partial charge < -0.3 is 10.4 Å². The molecule has 1 fully saturated rings. The van der Waals surface area contributed by atoms with Crippen LogP contribution in [0, 0.1) is 0 Å². The van der Waals surface area contributed by atoms with Crippen molar-refractivity contribution in [2.45, 2.75) is 50.3 Å². The summed E-state index contributed by atoms with van der Waals surface area (Å²) in [6.07, 6.45) is 5.34. The van der Waals surface area contributed by atoms with Crippen molar-refractivity contribution < 1.29 is 18.9 Å². The molecule has 6 heteroatoms. The third-order valence-corrected chi connectivity index (χ3v) is 4.52. The van der Waals surface area contributed by atoms with Crippen LogP contribution in [-0.2, 0) is 20.4 Å². The van der Waals surface area contributed by atoms with Crippen molar-refractivity contribution in [2.75, 3.05) is 5.75 Å². The van der Waals surface area contributed by atoms with Crippen LogP contribution in [0.4, 0.5) is 0 Å². The van der Waals surface area contributed by atoms with Gasteiger partial charge in [0.25, 0.3) is 0 Å². The van der Waals surface area contributed by atoms with Crippen LogP contribution < -0.4 is 5.32 Å². The molecule has 98 valence electrons. The maximum atomic E-state index is 11.7. The number of carbonyl (C=O) groups excluding carboxylic acids is 1. The molecule has 1 rings (SSSR count). The van der Waals surface area contributed by atoms with Gasteiger partial charge in [-0.1, -0.05) is 19.3 Å². The second-order valence-electron chi connectivity index (χ2n) is 4.40. The molecule has 2 N–H and O–H groups in total. The summed E-state index contributed by atoms with van der Waals surface area (Å²) in [5, 5.41) is 10.6. The van der Waals surface area contributed by atoms with Gasteiger partial charge in [0.15, 0.2) is 0 Å². The first-order valence-electron chi connectivity index (χ1n) is 5.90. The largest absolute Gasteiger partial charge is 0.481 e. The normalized spacial score (nSPS) is 20.5. The number of amides is 1. The van der Waals surface area contributed by atoms with Gasteiger partial charge in [0, 0.05) is 16.8 Å². The Labute approximate surface area is 103 Å². The van der Waals surface area contributed by atoms with Gasteiger partial charge in [-0.05, 0) is 19.8 Å². The monoisotopic (exact) mass is 261 g/mol. The predicted octanol–water partition coefficient (Wildman–Crippen LogP) is 0.657. The third-order valence-electron chi connectivity index (χ3n) is 2.98. The van der Waals surface area contributed by atoms with E-state index in [1.807, 2.05) is 0 Å². The van der Waals surface area contributed by atoms with Gasteiger partial charge in [-0.2, -0.15) is 0 Å². The summed E-state index contributed by atoms with van der Waals surface area (Å²) >= 11 is 0. The highest BCUT2D eigenvalue weighted by molar-refractivity contribution is 7.87. The Morgan fingerprint density at radius 2 is 1.94 bits per heavy atom. The first-order chi connectivity index (χ1) is 8.00. The molecule has 0 aromatic rings. The lowest BCUT2D eigenvalue weighted by Gasteiger charge is -2.24. The molecule has 0 aliphatic heterocycles. The second-order valence-corrected chi connectivity index (χ2v) is 6.16. The first-order valence-corrected chi connectivity index (χ1v) is 7.28. The molecule has 0 aromatic carbocycles. The van der Waals surface area contributed by atoms with Crippen LogP contribution in [0.15, 0.2) is 0 Å². The van der Waals surface area contributed by atoms with Crippen molar-refractivity contribution in [1.82, 2.24) is 5.32 Å². The summed E-state index contributed by atoms with van der Waals surface area (Å²) in [5.74, 6) is -1.91. The lowest BCUT2D eigenvalue weighted by molar-refractivity contribution is -0.133. The molecule has 5 nitrogen and oxygen atoms in total. The highest BCUT2D eigenvalue weighted by atomic mass is 32.2. The molecule has 1 aliphatic rings. The minimum atomic E-state index is -1.64. The van der Waals surface area contributed by atoms with Crippen molar-refractivity contribution in [3.05, 3.63) is 0 Å². The van der Waals surface area contributed by atoms with Crippen molar-refractivity contribution >= 4 is 22.7 Å². The Morgan fingerprint density at radius 3 is 2.47 bits per heavy atom. The zero-order valence-corrected chi connectivity index (χ0v) is 10.8. The maximum Gasteiger partial charge on any atom is 0.316 e. The lowest BCUT2D eigenvalue weighted by atomic mass is 9.95. The summed E-state index contributed by atoms with van der Waals surface area (Å²) in [7, 11) is -1.64. The predicted molar refractivity (Wildman–Crippen MR) is 65.1 cm³/mol. The Balaban J connectivity index is 2.40. The summed E-state index contributed by atoms with van der Waals surface area (Å²) in [4.78, 5) is 22.1. The number of hydrogen-bond acceptors (Lipinski definition) is 3. The summed E-state index contributed by atoms with van der Waals surface area (Å²) in [6, 6.07) is 0.167. The summed E-state index contributed by atoms with van der Waals surface area (Å²) < 4.78 is 11.5. The van der Waals surface area contributed by atoms with E-state index in [0.717, 1.165) is 25.7 Å². The third kappa shape index (κ3) is 4.85. The standard InChI is InChI=1S/C11H19NO4S/c1-8(17(16)7-10(13)14)11(15)12-9-5-3-2-4-6-9/h8-9H,2-7H2,1H3,(H,12,15)(H,13,14). The molecule has 17 heavy (non-hydrogen) atoms. The quantitative estimate of drug-likeness (QED) is 0.761. The molecule has 0 heterocycles. The van der Waals surface area contributed by atoms with Gasteiger partial charge in [-0.25, -0.2) is 0 Å². The summed E-state index contributed by atoms with van der Waals surface area (Å²) in [6.45, 7) is 1.51. The molecule has 1 amide bonds. The Hall–Kier alpha value is -0.910. The fraction of sp³-hybridized carbons (Fsp3) is 0.818. The van der Waals surface area contributed by atoms with Gasteiger partial charge in [0.1, 0.15) is 11.0 Å². The van der Waals surface area contributed by atoms with E-state index in [9.17, 15) is 13.8 Å². The van der Waals surface area contributed by atoms with Crippen LogP contribution in [0.5, 0.6) is 0 Å². The van der Waals surface area contributed by atoms with Crippen molar-refractivity contribution in [2.24, 2.45) is 0 Å². The van der Waals surface area contributed by atoms with Crippen molar-refractivity contribution in [3.8, 4) is 0 Å². The Bertz CT molecular complexity index is 313. The van der Waals surface area contributed by atoms with E-state index in [1.54, 1.807) is 0 Å². The number of nitrogens with one attached hydrogen (secondary N) is 1. The molecule has 0 radical (unpaired) electrons. The minimum absolute atomic E-state index is 0.167. The molecule has 0 bridgehead atoms. The number of carbonyl (C=O) groups is 2. The zero-order chi connectivity index (χ0) is 12.8. The van der Waals surface area contributed by atoms with Crippen LogP contribution in [-0.4, -0.2) is 38.2 Å². The molecule has 1 saturated carbocycles. The van der Waals surface area contributed by atoms with Crippen LogP contribution in [0.1, 0.15) is 39.0 Å². The highest BCUT2D eigenvalue weighted by Crippen LogP contribution is 2.17. The maximum absolute atomic E-state index is 11.7. The van der Waals surface area contributed by atoms with E-state index in [4.69, 9.17) is 5.11 Å². The average Bonchev–Trinajstić information content (AvgIpc) is 2.28. The van der Waals surface area contributed by atoms with Crippen molar-refractivity contribution in [3.63, 3.8) is 0 Å². The smallest absolute Gasteiger partial charge is 0.316 e. The molecule has 1 aliphatic carbocycles. The number of carboxylic acids is 1. The van der Waals surface area contributed by atoms with Crippen molar-refractivity contribution in [1.29, 1.82) is 0 Å². The zero-order valence-electron chi connectivity index (χ0n) is 9.98. The molecule has 2 atom stereocenters. The van der Waals surface area contributed by atoms with Gasteiger partial charge in [-0.3, -0.25) is 13.8 Å². The number of aliphatic carboxylic acids is 1. The van der Waals surface area contributed by atoms with Gasteiger partial charge in [-0.15, -0.1) is 0 Å².